The van der Waals surface area contributed by atoms with Crippen LogP contribution in [0.3, 0.4) is 0 Å². The summed E-state index contributed by atoms with van der Waals surface area (Å²) in [6.45, 7) is 11.1. The molecule has 6 nitrogen and oxygen atoms in total. The van der Waals surface area contributed by atoms with Crippen molar-refractivity contribution in [2.45, 2.75) is 33.4 Å². The number of morpholine rings is 1. The molecule has 1 fully saturated rings. The first kappa shape index (κ1) is 21.7. The van der Waals surface area contributed by atoms with Gasteiger partial charge in [0.25, 0.3) is 0 Å². The standard InChI is InChI=1S/C21H30FN5OS/c1-4-23-21(25-14-20-26-15(2)16(3)29-20)24-13-19(27-8-10-28-11-9-27)17-6-5-7-18(22)12-17/h5-7,12,19H,4,8-11,13-14H2,1-3H3,(H2,23,24,25). The molecule has 0 amide bonds. The summed E-state index contributed by atoms with van der Waals surface area (Å²) >= 11 is 1.68. The predicted molar refractivity (Wildman–Crippen MR) is 116 cm³/mol. The van der Waals surface area contributed by atoms with Gasteiger partial charge in [-0.3, -0.25) is 4.90 Å². The normalized spacial score (nSPS) is 16.6. The Morgan fingerprint density at radius 1 is 1.31 bits per heavy atom. The minimum atomic E-state index is -0.212. The maximum Gasteiger partial charge on any atom is 0.191 e. The van der Waals surface area contributed by atoms with E-state index in [2.05, 4.69) is 27.4 Å². The molecule has 8 heteroatoms. The highest BCUT2D eigenvalue weighted by atomic mass is 32.1. The van der Waals surface area contributed by atoms with E-state index in [1.165, 1.54) is 10.9 Å². The van der Waals surface area contributed by atoms with Gasteiger partial charge < -0.3 is 15.4 Å². The first-order chi connectivity index (χ1) is 14.1. The van der Waals surface area contributed by atoms with Crippen molar-refractivity contribution < 1.29 is 9.13 Å². The maximum absolute atomic E-state index is 13.9. The molecule has 2 aromatic rings. The van der Waals surface area contributed by atoms with Crippen LogP contribution in [0.1, 0.15) is 34.1 Å². The number of nitrogens with one attached hydrogen (secondary N) is 2. The lowest BCUT2D eigenvalue weighted by Crippen LogP contribution is -2.46. The molecular weight excluding hydrogens is 389 g/mol. The number of hydrogen-bond donors (Lipinski definition) is 2. The third kappa shape index (κ3) is 6.22. The second-order valence-electron chi connectivity index (χ2n) is 7.04. The monoisotopic (exact) mass is 419 g/mol. The lowest BCUT2D eigenvalue weighted by atomic mass is 10.0. The van der Waals surface area contributed by atoms with E-state index in [0.29, 0.717) is 26.3 Å². The first-order valence-corrected chi connectivity index (χ1v) is 10.9. The van der Waals surface area contributed by atoms with Crippen molar-refractivity contribution in [3.8, 4) is 0 Å². The second-order valence-corrected chi connectivity index (χ2v) is 8.33. The number of halogens is 1. The number of benzene rings is 1. The number of aryl methyl sites for hydroxylation is 2. The molecule has 1 aliphatic rings. The van der Waals surface area contributed by atoms with Crippen molar-refractivity contribution in [3.05, 3.63) is 51.2 Å². The van der Waals surface area contributed by atoms with E-state index < -0.39 is 0 Å². The third-order valence-corrected chi connectivity index (χ3v) is 6.03. The zero-order valence-electron chi connectivity index (χ0n) is 17.4. The fourth-order valence-electron chi connectivity index (χ4n) is 3.35. The minimum Gasteiger partial charge on any atom is -0.379 e. The maximum atomic E-state index is 13.9. The van der Waals surface area contributed by atoms with Crippen LogP contribution in [-0.4, -0.2) is 55.2 Å². The highest BCUT2D eigenvalue weighted by molar-refractivity contribution is 7.11. The average Bonchev–Trinajstić information content (AvgIpc) is 3.04. The van der Waals surface area contributed by atoms with Gasteiger partial charge in [0.15, 0.2) is 5.96 Å². The summed E-state index contributed by atoms with van der Waals surface area (Å²) in [7, 11) is 0. The second kappa shape index (κ2) is 10.7. The molecule has 1 aliphatic heterocycles. The van der Waals surface area contributed by atoms with Crippen LogP contribution >= 0.6 is 11.3 Å². The fraction of sp³-hybridized carbons (Fsp3) is 0.524. The van der Waals surface area contributed by atoms with Crippen LogP contribution in [0.25, 0.3) is 0 Å². The Kier molecular flexibility index (Phi) is 7.97. The van der Waals surface area contributed by atoms with Gasteiger partial charge >= 0.3 is 0 Å². The van der Waals surface area contributed by atoms with Crippen LogP contribution in [-0.2, 0) is 11.3 Å². The summed E-state index contributed by atoms with van der Waals surface area (Å²) in [5.74, 6) is 0.531. The molecule has 0 saturated carbocycles. The van der Waals surface area contributed by atoms with Crippen LogP contribution in [0.15, 0.2) is 29.3 Å². The number of aromatic nitrogens is 1. The van der Waals surface area contributed by atoms with Gasteiger partial charge in [-0.1, -0.05) is 12.1 Å². The number of ether oxygens (including phenoxy) is 1. The van der Waals surface area contributed by atoms with E-state index in [9.17, 15) is 4.39 Å². The van der Waals surface area contributed by atoms with E-state index in [1.807, 2.05) is 19.9 Å². The number of nitrogens with zero attached hydrogens (tertiary/aromatic N) is 3. The molecule has 1 unspecified atom stereocenters. The summed E-state index contributed by atoms with van der Waals surface area (Å²) in [6.07, 6.45) is 0. The van der Waals surface area contributed by atoms with Crippen LogP contribution in [0, 0.1) is 19.7 Å². The molecule has 29 heavy (non-hydrogen) atoms. The Morgan fingerprint density at radius 2 is 2.10 bits per heavy atom. The van der Waals surface area contributed by atoms with Gasteiger partial charge in [-0.25, -0.2) is 14.4 Å². The Labute approximate surface area is 176 Å². The topological polar surface area (TPSA) is 61.8 Å². The van der Waals surface area contributed by atoms with Crippen LogP contribution in [0.5, 0.6) is 0 Å². The van der Waals surface area contributed by atoms with Crippen LogP contribution < -0.4 is 10.6 Å². The quantitative estimate of drug-likeness (QED) is 0.534. The molecular formula is C21H30FN5OS. The van der Waals surface area contributed by atoms with Crippen molar-refractivity contribution >= 4 is 17.3 Å². The van der Waals surface area contributed by atoms with Gasteiger partial charge in [0.1, 0.15) is 10.8 Å². The number of aliphatic imine (C=N–C) groups is 1. The Morgan fingerprint density at radius 3 is 2.76 bits per heavy atom. The minimum absolute atomic E-state index is 0.0443. The molecule has 1 aromatic carbocycles. The largest absolute Gasteiger partial charge is 0.379 e. The van der Waals surface area contributed by atoms with E-state index in [4.69, 9.17) is 9.73 Å². The SMILES string of the molecule is CCNC(=NCc1nc(C)c(C)s1)NCC(c1cccc(F)c1)N1CCOCC1. The van der Waals surface area contributed by atoms with E-state index in [1.54, 1.807) is 23.5 Å². The molecule has 0 bridgehead atoms. The zero-order valence-corrected chi connectivity index (χ0v) is 18.2. The van der Waals surface area contributed by atoms with E-state index in [0.717, 1.165) is 41.9 Å². The Hall–Kier alpha value is -2.03. The number of thiazole rings is 1. The van der Waals surface area contributed by atoms with Crippen molar-refractivity contribution in [1.82, 2.24) is 20.5 Å². The Balaban J connectivity index is 1.71. The predicted octanol–water partition coefficient (Wildman–Crippen LogP) is 3.03. The molecule has 0 aliphatic carbocycles. The van der Waals surface area contributed by atoms with Crippen LogP contribution in [0.4, 0.5) is 4.39 Å². The van der Waals surface area contributed by atoms with Gasteiger partial charge in [-0.15, -0.1) is 11.3 Å². The number of hydrogen-bond acceptors (Lipinski definition) is 5. The average molecular weight is 420 g/mol. The summed E-state index contributed by atoms with van der Waals surface area (Å²) < 4.78 is 19.3. The van der Waals surface area contributed by atoms with Crippen molar-refractivity contribution in [2.75, 3.05) is 39.4 Å². The molecule has 2 N–H and O–H groups in total. The van der Waals surface area contributed by atoms with Gasteiger partial charge in [0.05, 0.1) is 31.5 Å². The number of rotatable bonds is 7. The fourth-order valence-corrected chi connectivity index (χ4v) is 4.21. The Bertz CT molecular complexity index is 800. The van der Waals surface area contributed by atoms with Gasteiger partial charge in [-0.2, -0.15) is 0 Å². The van der Waals surface area contributed by atoms with Gasteiger partial charge in [0, 0.05) is 31.1 Å². The van der Waals surface area contributed by atoms with Crippen molar-refractivity contribution in [2.24, 2.45) is 4.99 Å². The van der Waals surface area contributed by atoms with Gasteiger partial charge in [-0.05, 0) is 38.5 Å². The summed E-state index contributed by atoms with van der Waals surface area (Å²) in [5, 5.41) is 7.74. The molecule has 0 radical (unpaired) electrons. The summed E-state index contributed by atoms with van der Waals surface area (Å²) in [6, 6.07) is 6.90. The summed E-state index contributed by atoms with van der Waals surface area (Å²) in [5.41, 5.74) is 2.03. The smallest absolute Gasteiger partial charge is 0.191 e. The number of guanidine groups is 1. The third-order valence-electron chi connectivity index (χ3n) is 4.97. The first-order valence-electron chi connectivity index (χ1n) is 10.1. The molecule has 0 spiro atoms. The molecule has 1 atom stereocenters. The van der Waals surface area contributed by atoms with E-state index >= 15 is 0 Å². The summed E-state index contributed by atoms with van der Waals surface area (Å²) in [4.78, 5) is 12.8. The molecule has 1 saturated heterocycles. The lowest BCUT2D eigenvalue weighted by Gasteiger charge is -2.35. The van der Waals surface area contributed by atoms with Gasteiger partial charge in [0.2, 0.25) is 0 Å². The highest BCUT2D eigenvalue weighted by Crippen LogP contribution is 2.22. The van der Waals surface area contributed by atoms with Crippen molar-refractivity contribution in [3.63, 3.8) is 0 Å². The van der Waals surface area contributed by atoms with Crippen molar-refractivity contribution in [1.29, 1.82) is 0 Å². The molecule has 158 valence electrons. The molecule has 2 heterocycles. The molecule has 3 rings (SSSR count). The zero-order chi connectivity index (χ0) is 20.6. The van der Waals surface area contributed by atoms with E-state index in [-0.39, 0.29) is 11.9 Å². The molecule has 1 aromatic heterocycles. The lowest BCUT2D eigenvalue weighted by molar-refractivity contribution is 0.0169. The highest BCUT2D eigenvalue weighted by Gasteiger charge is 2.23. The van der Waals surface area contributed by atoms with Crippen LogP contribution in [0.2, 0.25) is 0 Å².